The molecule has 0 unspecified atom stereocenters. The number of benzene rings is 1. The van der Waals surface area contributed by atoms with Crippen LogP contribution in [0.4, 0.5) is 5.69 Å². The van der Waals surface area contributed by atoms with Crippen molar-refractivity contribution in [3.05, 3.63) is 24.3 Å². The highest BCUT2D eigenvalue weighted by atomic mass is 16.5. The van der Waals surface area contributed by atoms with Crippen molar-refractivity contribution in [1.29, 1.82) is 0 Å². The van der Waals surface area contributed by atoms with Crippen LogP contribution in [0.3, 0.4) is 0 Å². The van der Waals surface area contributed by atoms with E-state index in [4.69, 9.17) is 9.47 Å². The van der Waals surface area contributed by atoms with Gasteiger partial charge in [0.15, 0.2) is 0 Å². The summed E-state index contributed by atoms with van der Waals surface area (Å²) in [6.07, 6.45) is 7.86. The van der Waals surface area contributed by atoms with Crippen LogP contribution in [0.5, 0.6) is 5.75 Å². The highest BCUT2D eigenvalue weighted by Gasteiger charge is 2.18. The van der Waals surface area contributed by atoms with Crippen LogP contribution in [0, 0.1) is 0 Å². The van der Waals surface area contributed by atoms with E-state index in [-0.39, 0.29) is 5.91 Å². The standard InChI is InChI=1S/C21H32N2O3/c1-18(24)22-12-14-23(15-13-22)19-8-10-21(11-9-19)26-17-5-16-25-20-6-3-2-4-7-20/h8-11,20H,2-7,12-17H2,1H3. The molecule has 1 aromatic rings. The quantitative estimate of drug-likeness (QED) is 0.698. The van der Waals surface area contributed by atoms with Crippen molar-refractivity contribution in [1.82, 2.24) is 4.90 Å². The topological polar surface area (TPSA) is 42.0 Å². The molecule has 0 aromatic heterocycles. The van der Waals surface area contributed by atoms with Gasteiger partial charge in [0.2, 0.25) is 5.91 Å². The van der Waals surface area contributed by atoms with Gasteiger partial charge in [0.1, 0.15) is 5.75 Å². The van der Waals surface area contributed by atoms with Crippen LogP contribution < -0.4 is 9.64 Å². The molecule has 2 aliphatic rings. The van der Waals surface area contributed by atoms with Gasteiger partial charge in [-0.05, 0) is 37.1 Å². The molecular formula is C21H32N2O3. The molecule has 1 aliphatic heterocycles. The third-order valence-corrected chi connectivity index (χ3v) is 5.39. The Morgan fingerprint density at radius 3 is 2.35 bits per heavy atom. The SMILES string of the molecule is CC(=O)N1CCN(c2ccc(OCCCOC3CCCCC3)cc2)CC1. The Hall–Kier alpha value is -1.75. The highest BCUT2D eigenvalue weighted by Crippen LogP contribution is 2.22. The third kappa shape index (κ3) is 5.63. The summed E-state index contributed by atoms with van der Waals surface area (Å²) in [6.45, 7) is 6.51. The Kier molecular flexibility index (Phi) is 7.18. The Bertz CT molecular complexity index is 547. The van der Waals surface area contributed by atoms with Gasteiger partial charge in [-0.1, -0.05) is 19.3 Å². The van der Waals surface area contributed by atoms with Gasteiger partial charge >= 0.3 is 0 Å². The summed E-state index contributed by atoms with van der Waals surface area (Å²) in [4.78, 5) is 15.6. The van der Waals surface area contributed by atoms with Gasteiger partial charge in [-0.3, -0.25) is 4.79 Å². The average Bonchev–Trinajstić information content (AvgIpc) is 2.69. The number of piperazine rings is 1. The van der Waals surface area contributed by atoms with Crippen molar-refractivity contribution in [2.45, 2.75) is 51.6 Å². The predicted octanol–water partition coefficient (Wildman–Crippen LogP) is 3.47. The predicted molar refractivity (Wildman–Crippen MR) is 104 cm³/mol. The molecule has 0 bridgehead atoms. The lowest BCUT2D eigenvalue weighted by atomic mass is 9.98. The summed E-state index contributed by atoms with van der Waals surface area (Å²) in [5, 5.41) is 0. The maximum atomic E-state index is 11.4. The van der Waals surface area contributed by atoms with E-state index >= 15 is 0 Å². The fourth-order valence-electron chi connectivity index (χ4n) is 3.76. The van der Waals surface area contributed by atoms with E-state index in [2.05, 4.69) is 17.0 Å². The first kappa shape index (κ1) is 19.0. The molecule has 5 heteroatoms. The molecule has 1 saturated carbocycles. The Morgan fingerprint density at radius 2 is 1.69 bits per heavy atom. The first-order valence-electron chi connectivity index (χ1n) is 10.1. The Balaban J connectivity index is 1.33. The minimum Gasteiger partial charge on any atom is -0.494 e. The Morgan fingerprint density at radius 1 is 1.00 bits per heavy atom. The third-order valence-electron chi connectivity index (χ3n) is 5.39. The maximum Gasteiger partial charge on any atom is 0.219 e. The summed E-state index contributed by atoms with van der Waals surface area (Å²) in [5.74, 6) is 1.08. The second kappa shape index (κ2) is 9.81. The van der Waals surface area contributed by atoms with E-state index in [1.54, 1.807) is 6.92 Å². The van der Waals surface area contributed by atoms with Gasteiger partial charge in [0, 0.05) is 45.2 Å². The summed E-state index contributed by atoms with van der Waals surface area (Å²) in [7, 11) is 0. The smallest absolute Gasteiger partial charge is 0.219 e. The van der Waals surface area contributed by atoms with Crippen molar-refractivity contribution in [2.24, 2.45) is 0 Å². The number of carbonyl (C=O) groups excluding carboxylic acids is 1. The zero-order valence-electron chi connectivity index (χ0n) is 16.0. The number of hydrogen-bond donors (Lipinski definition) is 0. The van der Waals surface area contributed by atoms with Crippen LogP contribution in [-0.4, -0.2) is 56.3 Å². The molecule has 0 atom stereocenters. The monoisotopic (exact) mass is 360 g/mol. The van der Waals surface area contributed by atoms with E-state index in [9.17, 15) is 4.79 Å². The van der Waals surface area contributed by atoms with Gasteiger partial charge in [-0.25, -0.2) is 0 Å². The summed E-state index contributed by atoms with van der Waals surface area (Å²) in [6, 6.07) is 8.29. The van der Waals surface area contributed by atoms with Crippen molar-refractivity contribution >= 4 is 11.6 Å². The van der Waals surface area contributed by atoms with E-state index in [1.807, 2.05) is 17.0 Å². The van der Waals surface area contributed by atoms with Gasteiger partial charge < -0.3 is 19.3 Å². The zero-order valence-corrected chi connectivity index (χ0v) is 16.0. The van der Waals surface area contributed by atoms with Crippen molar-refractivity contribution in [3.63, 3.8) is 0 Å². The van der Waals surface area contributed by atoms with Crippen LogP contribution in [0.25, 0.3) is 0 Å². The fourth-order valence-corrected chi connectivity index (χ4v) is 3.76. The highest BCUT2D eigenvalue weighted by molar-refractivity contribution is 5.73. The zero-order chi connectivity index (χ0) is 18.2. The normalized spacial score (nSPS) is 18.8. The fraction of sp³-hybridized carbons (Fsp3) is 0.667. The van der Waals surface area contributed by atoms with Gasteiger partial charge in [0.05, 0.1) is 19.3 Å². The number of ether oxygens (including phenoxy) is 2. The number of carbonyl (C=O) groups is 1. The van der Waals surface area contributed by atoms with Gasteiger partial charge in [-0.2, -0.15) is 0 Å². The van der Waals surface area contributed by atoms with Crippen LogP contribution >= 0.6 is 0 Å². The molecule has 5 nitrogen and oxygen atoms in total. The van der Waals surface area contributed by atoms with Gasteiger partial charge in [0.25, 0.3) is 0 Å². The van der Waals surface area contributed by atoms with E-state index in [1.165, 1.54) is 37.8 Å². The van der Waals surface area contributed by atoms with Crippen LogP contribution in [0.2, 0.25) is 0 Å². The molecule has 0 radical (unpaired) electrons. The van der Waals surface area contributed by atoms with Crippen molar-refractivity contribution in [2.75, 3.05) is 44.3 Å². The van der Waals surface area contributed by atoms with E-state index < -0.39 is 0 Å². The molecule has 3 rings (SSSR count). The summed E-state index contributed by atoms with van der Waals surface area (Å²) < 4.78 is 11.8. The minimum absolute atomic E-state index is 0.167. The molecule has 1 saturated heterocycles. The van der Waals surface area contributed by atoms with Crippen molar-refractivity contribution < 1.29 is 14.3 Å². The average molecular weight is 360 g/mol. The molecule has 144 valence electrons. The lowest BCUT2D eigenvalue weighted by Gasteiger charge is -2.35. The Labute approximate surface area is 157 Å². The second-order valence-electron chi connectivity index (χ2n) is 7.32. The van der Waals surface area contributed by atoms with E-state index in [0.29, 0.717) is 12.7 Å². The molecule has 0 spiro atoms. The molecule has 1 aromatic carbocycles. The van der Waals surface area contributed by atoms with Crippen LogP contribution in [0.1, 0.15) is 45.4 Å². The van der Waals surface area contributed by atoms with E-state index in [0.717, 1.165) is 45.0 Å². The van der Waals surface area contributed by atoms with Crippen LogP contribution in [0.15, 0.2) is 24.3 Å². The van der Waals surface area contributed by atoms with Crippen molar-refractivity contribution in [3.8, 4) is 5.75 Å². The molecule has 1 aliphatic carbocycles. The maximum absolute atomic E-state index is 11.4. The lowest BCUT2D eigenvalue weighted by molar-refractivity contribution is -0.129. The minimum atomic E-state index is 0.167. The molecule has 1 heterocycles. The lowest BCUT2D eigenvalue weighted by Crippen LogP contribution is -2.48. The molecule has 0 N–H and O–H groups in total. The van der Waals surface area contributed by atoms with Gasteiger partial charge in [-0.15, -0.1) is 0 Å². The number of amides is 1. The number of rotatable bonds is 7. The second-order valence-corrected chi connectivity index (χ2v) is 7.32. The molecule has 2 fully saturated rings. The number of hydrogen-bond acceptors (Lipinski definition) is 4. The summed E-state index contributed by atoms with van der Waals surface area (Å²) in [5.41, 5.74) is 1.20. The first-order valence-corrected chi connectivity index (χ1v) is 10.1. The molecule has 1 amide bonds. The molecular weight excluding hydrogens is 328 g/mol. The first-order chi connectivity index (χ1) is 12.7. The number of nitrogens with zero attached hydrogens (tertiary/aromatic N) is 2. The van der Waals surface area contributed by atoms with Crippen LogP contribution in [-0.2, 0) is 9.53 Å². The molecule has 26 heavy (non-hydrogen) atoms. The summed E-state index contributed by atoms with van der Waals surface area (Å²) >= 11 is 0. The number of anilines is 1. The largest absolute Gasteiger partial charge is 0.494 e.